The van der Waals surface area contributed by atoms with Crippen molar-refractivity contribution in [1.29, 1.82) is 0 Å². The number of ether oxygens (including phenoxy) is 1. The average molecular weight is 300 g/mol. The number of hydrogen-bond donors (Lipinski definition) is 2. The molecule has 1 aliphatic rings. The molecule has 1 fully saturated rings. The fraction of sp³-hybridized carbons (Fsp3) is 1.00. The minimum absolute atomic E-state index is 0.0786. The maximum absolute atomic E-state index is 9.74. The highest BCUT2D eigenvalue weighted by Gasteiger charge is 2.26. The molecule has 2 N–H and O–H groups in total. The Kier molecular flexibility index (Phi) is 9.49. The molecule has 0 amide bonds. The molecule has 1 aliphatic heterocycles. The van der Waals surface area contributed by atoms with Gasteiger partial charge in [-0.05, 0) is 64.6 Å². The molecule has 1 heterocycles. The van der Waals surface area contributed by atoms with Crippen molar-refractivity contribution in [3.63, 3.8) is 0 Å². The Bertz CT molecular complexity index is 251. The lowest BCUT2D eigenvalue weighted by Crippen LogP contribution is -2.48. The number of hydrogen-bond acceptors (Lipinski definition) is 4. The largest absolute Gasteiger partial charge is 0.394 e. The first-order chi connectivity index (χ1) is 10.2. The second-order valence-corrected chi connectivity index (χ2v) is 6.67. The van der Waals surface area contributed by atoms with Gasteiger partial charge in [0.1, 0.15) is 0 Å². The van der Waals surface area contributed by atoms with Crippen LogP contribution in [0.3, 0.4) is 0 Å². The molecule has 2 atom stereocenters. The smallest absolute Gasteiger partial charge is 0.0613 e. The summed E-state index contributed by atoms with van der Waals surface area (Å²) in [4.78, 5) is 2.43. The minimum Gasteiger partial charge on any atom is -0.394 e. The molecule has 0 aromatic carbocycles. The molecule has 0 radical (unpaired) electrons. The molecule has 21 heavy (non-hydrogen) atoms. The van der Waals surface area contributed by atoms with Crippen LogP contribution in [0, 0.1) is 5.92 Å². The van der Waals surface area contributed by atoms with Gasteiger partial charge in [-0.1, -0.05) is 13.8 Å². The van der Waals surface area contributed by atoms with E-state index in [2.05, 4.69) is 31.1 Å². The molecular weight excluding hydrogens is 264 g/mol. The van der Waals surface area contributed by atoms with Gasteiger partial charge in [-0.15, -0.1) is 0 Å². The van der Waals surface area contributed by atoms with Crippen molar-refractivity contribution in [3.05, 3.63) is 0 Å². The van der Waals surface area contributed by atoms with Gasteiger partial charge in [0.15, 0.2) is 0 Å². The molecule has 126 valence electrons. The van der Waals surface area contributed by atoms with Crippen LogP contribution in [0.25, 0.3) is 0 Å². The minimum atomic E-state index is -0.0786. The molecular formula is C17H36N2O2. The monoisotopic (exact) mass is 300 g/mol. The van der Waals surface area contributed by atoms with Crippen molar-refractivity contribution in [2.75, 3.05) is 46.5 Å². The maximum Gasteiger partial charge on any atom is 0.0613 e. The Morgan fingerprint density at radius 3 is 2.76 bits per heavy atom. The van der Waals surface area contributed by atoms with Crippen molar-refractivity contribution in [2.24, 2.45) is 5.92 Å². The second-order valence-electron chi connectivity index (χ2n) is 6.67. The SMILES string of the molecule is CCCNC(CC)(CO)CCCN(C)CC1CCCOC1. The van der Waals surface area contributed by atoms with Gasteiger partial charge < -0.3 is 20.1 Å². The number of nitrogens with one attached hydrogen (secondary N) is 1. The van der Waals surface area contributed by atoms with Gasteiger partial charge in [-0.25, -0.2) is 0 Å². The van der Waals surface area contributed by atoms with Crippen LogP contribution in [0.4, 0.5) is 0 Å². The lowest BCUT2D eigenvalue weighted by atomic mass is 9.91. The molecule has 0 aromatic rings. The summed E-state index contributed by atoms with van der Waals surface area (Å²) in [5, 5.41) is 13.3. The van der Waals surface area contributed by atoms with E-state index < -0.39 is 0 Å². The van der Waals surface area contributed by atoms with Gasteiger partial charge >= 0.3 is 0 Å². The van der Waals surface area contributed by atoms with E-state index in [1.54, 1.807) is 0 Å². The predicted octanol–water partition coefficient (Wildman–Crippen LogP) is 2.27. The van der Waals surface area contributed by atoms with Crippen molar-refractivity contribution < 1.29 is 9.84 Å². The van der Waals surface area contributed by atoms with Crippen LogP contribution in [0.5, 0.6) is 0 Å². The van der Waals surface area contributed by atoms with Gasteiger partial charge in [-0.3, -0.25) is 0 Å². The summed E-state index contributed by atoms with van der Waals surface area (Å²) < 4.78 is 5.55. The van der Waals surface area contributed by atoms with Gasteiger partial charge in [0, 0.05) is 18.7 Å². The summed E-state index contributed by atoms with van der Waals surface area (Å²) >= 11 is 0. The molecule has 1 saturated heterocycles. The van der Waals surface area contributed by atoms with Crippen molar-refractivity contribution >= 4 is 0 Å². The summed E-state index contributed by atoms with van der Waals surface area (Å²) in [6.07, 6.45) is 6.80. The van der Waals surface area contributed by atoms with Crippen LogP contribution in [0.15, 0.2) is 0 Å². The summed E-state index contributed by atoms with van der Waals surface area (Å²) in [5.41, 5.74) is -0.0786. The zero-order valence-electron chi connectivity index (χ0n) is 14.4. The van der Waals surface area contributed by atoms with Crippen LogP contribution >= 0.6 is 0 Å². The molecule has 0 aliphatic carbocycles. The zero-order chi connectivity index (χ0) is 15.6. The van der Waals surface area contributed by atoms with Crippen LogP contribution in [0.2, 0.25) is 0 Å². The highest BCUT2D eigenvalue weighted by molar-refractivity contribution is 4.86. The van der Waals surface area contributed by atoms with E-state index in [9.17, 15) is 5.11 Å². The summed E-state index contributed by atoms with van der Waals surface area (Å²) in [6.45, 7) is 9.68. The fourth-order valence-electron chi connectivity index (χ4n) is 3.20. The molecule has 4 nitrogen and oxygen atoms in total. The van der Waals surface area contributed by atoms with Crippen LogP contribution in [-0.4, -0.2) is 62.0 Å². The second kappa shape index (κ2) is 10.5. The van der Waals surface area contributed by atoms with E-state index in [1.807, 2.05) is 0 Å². The van der Waals surface area contributed by atoms with Crippen molar-refractivity contribution in [3.8, 4) is 0 Å². The third kappa shape index (κ3) is 7.09. The van der Waals surface area contributed by atoms with Crippen molar-refractivity contribution in [1.82, 2.24) is 10.2 Å². The van der Waals surface area contributed by atoms with E-state index in [-0.39, 0.29) is 12.1 Å². The quantitative estimate of drug-likeness (QED) is 0.614. The summed E-state index contributed by atoms with van der Waals surface area (Å²) in [6, 6.07) is 0. The first kappa shape index (κ1) is 18.9. The molecule has 2 unspecified atom stereocenters. The van der Waals surface area contributed by atoms with Gasteiger partial charge in [0.2, 0.25) is 0 Å². The van der Waals surface area contributed by atoms with Crippen molar-refractivity contribution in [2.45, 2.75) is 57.9 Å². The van der Waals surface area contributed by atoms with Crippen LogP contribution < -0.4 is 5.32 Å². The Balaban J connectivity index is 2.25. The molecule has 4 heteroatoms. The third-order valence-electron chi connectivity index (χ3n) is 4.75. The van der Waals surface area contributed by atoms with Crippen LogP contribution in [0.1, 0.15) is 52.4 Å². The zero-order valence-corrected chi connectivity index (χ0v) is 14.4. The van der Waals surface area contributed by atoms with Gasteiger partial charge in [0.05, 0.1) is 13.2 Å². The Labute approximate surface area is 131 Å². The van der Waals surface area contributed by atoms with E-state index in [4.69, 9.17) is 4.74 Å². The Morgan fingerprint density at radius 1 is 1.38 bits per heavy atom. The number of nitrogens with zero attached hydrogens (tertiary/aromatic N) is 1. The molecule has 0 saturated carbocycles. The maximum atomic E-state index is 9.74. The van der Waals surface area contributed by atoms with Gasteiger partial charge in [0.25, 0.3) is 0 Å². The van der Waals surface area contributed by atoms with Crippen LogP contribution in [-0.2, 0) is 4.74 Å². The van der Waals surface area contributed by atoms with Gasteiger partial charge in [-0.2, -0.15) is 0 Å². The first-order valence-electron chi connectivity index (χ1n) is 8.78. The standard InChI is InChI=1S/C17H36N2O2/c1-4-10-18-17(5-2,15-20)9-7-11-19(3)13-16-8-6-12-21-14-16/h16,18,20H,4-15H2,1-3H3. The average Bonchev–Trinajstić information content (AvgIpc) is 2.52. The molecule has 0 aromatic heterocycles. The normalized spacial score (nSPS) is 22.4. The predicted molar refractivity (Wildman–Crippen MR) is 88.7 cm³/mol. The number of rotatable bonds is 11. The summed E-state index contributed by atoms with van der Waals surface area (Å²) in [7, 11) is 2.21. The molecule has 0 bridgehead atoms. The van der Waals surface area contributed by atoms with E-state index in [0.717, 1.165) is 58.5 Å². The van der Waals surface area contributed by atoms with E-state index in [1.165, 1.54) is 12.8 Å². The highest BCUT2D eigenvalue weighted by atomic mass is 16.5. The summed E-state index contributed by atoms with van der Waals surface area (Å²) in [5.74, 6) is 0.704. The van der Waals surface area contributed by atoms with E-state index in [0.29, 0.717) is 5.92 Å². The third-order valence-corrected chi connectivity index (χ3v) is 4.75. The Hall–Kier alpha value is -0.160. The lowest BCUT2D eigenvalue weighted by molar-refractivity contribution is 0.0413. The first-order valence-corrected chi connectivity index (χ1v) is 8.78. The lowest BCUT2D eigenvalue weighted by Gasteiger charge is -2.33. The highest BCUT2D eigenvalue weighted by Crippen LogP contribution is 2.18. The van der Waals surface area contributed by atoms with E-state index >= 15 is 0 Å². The molecule has 0 spiro atoms. The Morgan fingerprint density at radius 2 is 2.19 bits per heavy atom. The topological polar surface area (TPSA) is 44.7 Å². The number of aliphatic hydroxyl groups excluding tert-OH is 1. The number of aliphatic hydroxyl groups is 1. The molecule has 1 rings (SSSR count). The fourth-order valence-corrected chi connectivity index (χ4v) is 3.20.